The van der Waals surface area contributed by atoms with Crippen molar-refractivity contribution in [2.75, 3.05) is 5.32 Å². The zero-order chi connectivity index (χ0) is 13.4. The van der Waals surface area contributed by atoms with Gasteiger partial charge in [0.1, 0.15) is 5.54 Å². The fraction of sp³-hybridized carbons (Fsp3) is 0.533. The SMILES string of the molecule is CC1CC(C)(C)CC1(C#N)Nc1ccc(Cl)cc1. The van der Waals surface area contributed by atoms with Crippen molar-refractivity contribution in [1.82, 2.24) is 0 Å². The Morgan fingerprint density at radius 3 is 2.39 bits per heavy atom. The molecule has 2 nitrogen and oxygen atoms in total. The van der Waals surface area contributed by atoms with E-state index >= 15 is 0 Å². The van der Waals surface area contributed by atoms with Crippen LogP contribution in [0.4, 0.5) is 5.69 Å². The van der Waals surface area contributed by atoms with Gasteiger partial charge in [0.15, 0.2) is 0 Å². The van der Waals surface area contributed by atoms with E-state index in [9.17, 15) is 5.26 Å². The summed E-state index contributed by atoms with van der Waals surface area (Å²) in [5, 5.41) is 13.7. The highest BCUT2D eigenvalue weighted by Gasteiger charge is 2.49. The monoisotopic (exact) mass is 262 g/mol. The average molecular weight is 263 g/mol. The van der Waals surface area contributed by atoms with Crippen LogP contribution in [-0.2, 0) is 0 Å². The number of hydrogen-bond acceptors (Lipinski definition) is 2. The number of hydrogen-bond donors (Lipinski definition) is 1. The number of nitrogens with zero attached hydrogens (tertiary/aromatic N) is 1. The number of nitrogens with one attached hydrogen (secondary N) is 1. The fourth-order valence-corrected chi connectivity index (χ4v) is 3.27. The molecule has 1 aliphatic rings. The molecule has 2 atom stereocenters. The first-order valence-corrected chi connectivity index (χ1v) is 6.70. The van der Waals surface area contributed by atoms with E-state index in [4.69, 9.17) is 11.6 Å². The fourth-order valence-electron chi connectivity index (χ4n) is 3.14. The van der Waals surface area contributed by atoms with Crippen LogP contribution in [0, 0.1) is 22.7 Å². The van der Waals surface area contributed by atoms with E-state index in [-0.39, 0.29) is 5.41 Å². The second-order valence-corrected chi connectivity index (χ2v) is 6.60. The molecule has 0 aliphatic heterocycles. The van der Waals surface area contributed by atoms with Gasteiger partial charge >= 0.3 is 0 Å². The minimum absolute atomic E-state index is 0.217. The van der Waals surface area contributed by atoms with Crippen LogP contribution in [-0.4, -0.2) is 5.54 Å². The third kappa shape index (κ3) is 2.47. The molecule has 1 saturated carbocycles. The van der Waals surface area contributed by atoms with Gasteiger partial charge in [-0.1, -0.05) is 32.4 Å². The van der Waals surface area contributed by atoms with Gasteiger partial charge in [0.25, 0.3) is 0 Å². The molecule has 3 heteroatoms. The lowest BCUT2D eigenvalue weighted by molar-refractivity contribution is 0.363. The first-order valence-electron chi connectivity index (χ1n) is 6.32. The van der Waals surface area contributed by atoms with E-state index in [1.54, 1.807) is 0 Å². The molecule has 0 radical (unpaired) electrons. The summed E-state index contributed by atoms with van der Waals surface area (Å²) in [5.41, 5.74) is 0.719. The summed E-state index contributed by atoms with van der Waals surface area (Å²) in [4.78, 5) is 0. The summed E-state index contributed by atoms with van der Waals surface area (Å²) in [6.45, 7) is 6.61. The van der Waals surface area contributed by atoms with Crippen molar-refractivity contribution in [2.24, 2.45) is 11.3 Å². The van der Waals surface area contributed by atoms with Gasteiger partial charge in [-0.15, -0.1) is 0 Å². The van der Waals surface area contributed by atoms with Gasteiger partial charge in [0, 0.05) is 10.7 Å². The molecule has 0 bridgehead atoms. The lowest BCUT2D eigenvalue weighted by atomic mass is 9.87. The largest absolute Gasteiger partial charge is 0.367 e. The Morgan fingerprint density at radius 1 is 1.33 bits per heavy atom. The highest BCUT2D eigenvalue weighted by Crippen LogP contribution is 2.48. The second-order valence-electron chi connectivity index (χ2n) is 6.16. The Labute approximate surface area is 114 Å². The number of halogens is 1. The summed E-state index contributed by atoms with van der Waals surface area (Å²) in [6.07, 6.45) is 1.95. The number of benzene rings is 1. The van der Waals surface area contributed by atoms with Crippen molar-refractivity contribution in [3.63, 3.8) is 0 Å². The number of nitriles is 1. The van der Waals surface area contributed by atoms with Crippen LogP contribution in [0.3, 0.4) is 0 Å². The van der Waals surface area contributed by atoms with E-state index in [1.807, 2.05) is 24.3 Å². The molecule has 18 heavy (non-hydrogen) atoms. The summed E-state index contributed by atoms with van der Waals surface area (Å²) >= 11 is 5.88. The van der Waals surface area contributed by atoms with Crippen molar-refractivity contribution in [3.05, 3.63) is 29.3 Å². The predicted octanol–water partition coefficient (Wildman–Crippen LogP) is 4.47. The van der Waals surface area contributed by atoms with Crippen LogP contribution in [0.1, 0.15) is 33.6 Å². The van der Waals surface area contributed by atoms with Crippen LogP contribution < -0.4 is 5.32 Å². The molecule has 96 valence electrons. The van der Waals surface area contributed by atoms with Crippen LogP contribution in [0.15, 0.2) is 24.3 Å². The lowest BCUT2D eigenvalue weighted by Crippen LogP contribution is -2.39. The standard InChI is InChI=1S/C15H19ClN2/c1-11-8-14(2,3)9-15(11,10-17)18-13-6-4-12(16)5-7-13/h4-7,11,18H,8-9H2,1-3H3. The van der Waals surface area contributed by atoms with Crippen molar-refractivity contribution in [2.45, 2.75) is 39.2 Å². The first kappa shape index (κ1) is 13.2. The van der Waals surface area contributed by atoms with Crippen molar-refractivity contribution in [3.8, 4) is 6.07 Å². The number of anilines is 1. The van der Waals surface area contributed by atoms with Gasteiger partial charge in [-0.25, -0.2) is 0 Å². The van der Waals surface area contributed by atoms with Crippen molar-refractivity contribution in [1.29, 1.82) is 5.26 Å². The van der Waals surface area contributed by atoms with E-state index in [2.05, 4.69) is 32.2 Å². The van der Waals surface area contributed by atoms with Crippen LogP contribution >= 0.6 is 11.6 Å². The Hall–Kier alpha value is -1.20. The molecule has 1 aliphatic carbocycles. The molecular weight excluding hydrogens is 244 g/mol. The molecule has 2 rings (SSSR count). The second kappa shape index (κ2) is 4.48. The zero-order valence-electron chi connectivity index (χ0n) is 11.1. The Balaban J connectivity index is 2.25. The Morgan fingerprint density at radius 2 is 1.94 bits per heavy atom. The van der Waals surface area contributed by atoms with Crippen LogP contribution in [0.2, 0.25) is 5.02 Å². The molecule has 0 spiro atoms. The molecule has 0 amide bonds. The summed E-state index contributed by atoms with van der Waals surface area (Å²) in [5.74, 6) is 0.341. The molecule has 1 N–H and O–H groups in total. The van der Waals surface area contributed by atoms with Gasteiger partial charge in [0.05, 0.1) is 6.07 Å². The van der Waals surface area contributed by atoms with Gasteiger partial charge in [0.2, 0.25) is 0 Å². The molecule has 1 aromatic carbocycles. The minimum Gasteiger partial charge on any atom is -0.367 e. The van der Waals surface area contributed by atoms with Gasteiger partial charge < -0.3 is 5.32 Å². The molecule has 0 aromatic heterocycles. The molecule has 0 saturated heterocycles. The predicted molar refractivity (Wildman–Crippen MR) is 75.6 cm³/mol. The first-order chi connectivity index (χ1) is 8.37. The topological polar surface area (TPSA) is 35.8 Å². The number of rotatable bonds is 2. The summed E-state index contributed by atoms with van der Waals surface area (Å²) in [7, 11) is 0. The Kier molecular flexibility index (Phi) is 3.29. The molecular formula is C15H19ClN2. The average Bonchev–Trinajstić information content (AvgIpc) is 2.52. The normalized spacial score (nSPS) is 29.8. The van der Waals surface area contributed by atoms with E-state index < -0.39 is 5.54 Å². The summed E-state index contributed by atoms with van der Waals surface area (Å²) in [6, 6.07) is 10.1. The van der Waals surface area contributed by atoms with Gasteiger partial charge in [-0.3, -0.25) is 0 Å². The van der Waals surface area contributed by atoms with Crippen LogP contribution in [0.5, 0.6) is 0 Å². The maximum absolute atomic E-state index is 9.60. The summed E-state index contributed by atoms with van der Waals surface area (Å²) < 4.78 is 0. The maximum Gasteiger partial charge on any atom is 0.128 e. The highest BCUT2D eigenvalue weighted by atomic mass is 35.5. The van der Waals surface area contributed by atoms with Crippen molar-refractivity contribution >= 4 is 17.3 Å². The Bertz CT molecular complexity index is 472. The lowest BCUT2D eigenvalue weighted by Gasteiger charge is -2.29. The van der Waals surface area contributed by atoms with E-state index in [1.165, 1.54) is 0 Å². The smallest absolute Gasteiger partial charge is 0.128 e. The molecule has 2 unspecified atom stereocenters. The quantitative estimate of drug-likeness (QED) is 0.854. The van der Waals surface area contributed by atoms with E-state index in [0.717, 1.165) is 18.5 Å². The van der Waals surface area contributed by atoms with E-state index in [0.29, 0.717) is 10.9 Å². The van der Waals surface area contributed by atoms with Crippen LogP contribution in [0.25, 0.3) is 0 Å². The minimum atomic E-state index is -0.461. The molecule has 0 heterocycles. The third-order valence-corrected chi connectivity index (χ3v) is 4.12. The molecule has 1 aromatic rings. The van der Waals surface area contributed by atoms with Gasteiger partial charge in [-0.05, 0) is 48.4 Å². The maximum atomic E-state index is 9.60. The highest BCUT2D eigenvalue weighted by molar-refractivity contribution is 6.30. The van der Waals surface area contributed by atoms with Crippen molar-refractivity contribution < 1.29 is 0 Å². The van der Waals surface area contributed by atoms with Gasteiger partial charge in [-0.2, -0.15) is 5.26 Å². The third-order valence-electron chi connectivity index (χ3n) is 3.87. The molecule has 1 fully saturated rings. The zero-order valence-corrected chi connectivity index (χ0v) is 11.9.